The zero-order valence-electron chi connectivity index (χ0n) is 38.3. The number of H-pyrrole nitrogens is 2. The summed E-state index contributed by atoms with van der Waals surface area (Å²) in [4.78, 5) is 24.5. The minimum absolute atomic E-state index is 0.0567. The van der Waals surface area contributed by atoms with Gasteiger partial charge >= 0.3 is 16.4 Å². The van der Waals surface area contributed by atoms with E-state index in [0.29, 0.717) is 23.6 Å². The molecule has 0 saturated heterocycles. The number of carboxylic acid groups (broad SMARTS) is 1. The molecule has 0 aliphatic carbocycles. The van der Waals surface area contributed by atoms with Crippen LogP contribution in [0.15, 0.2) is 146 Å². The van der Waals surface area contributed by atoms with Crippen LogP contribution in [0, 0.1) is 0 Å². The minimum atomic E-state index is -5.46. The second-order valence-corrected chi connectivity index (χ2v) is 24.7. The van der Waals surface area contributed by atoms with Crippen molar-refractivity contribution >= 4 is 140 Å². The van der Waals surface area contributed by atoms with Gasteiger partial charge in [-0.05, 0) is 83.0 Å². The first kappa shape index (κ1) is 58.2. The number of benzene rings is 6. The van der Waals surface area contributed by atoms with Gasteiger partial charge in [0, 0.05) is 11.9 Å². The largest absolute Gasteiger partial charge is 0.505 e. The number of aromatic nitrogens is 3. The first-order chi connectivity index (χ1) is 36.2. The van der Waals surface area contributed by atoms with E-state index >= 15 is 0 Å². The second kappa shape index (κ2) is 22.1. The maximum atomic E-state index is 12.8. The van der Waals surface area contributed by atoms with Crippen molar-refractivity contribution in [3.8, 4) is 5.75 Å². The molecule has 38 heteroatoms. The number of anilines is 1. The predicted octanol–water partition coefficient (Wildman–Crippen LogP) is 5.17. The summed E-state index contributed by atoms with van der Waals surface area (Å²) in [7, 11) is -30.1. The van der Waals surface area contributed by atoms with Gasteiger partial charge in [-0.25, -0.2) is 22.6 Å². The highest BCUT2D eigenvalue weighted by Gasteiger charge is 2.27. The van der Waals surface area contributed by atoms with Crippen LogP contribution in [-0.2, 0) is 69.7 Å². The molecule has 412 valence electrons. The zero-order chi connectivity index (χ0) is 57.3. The predicted molar refractivity (Wildman–Crippen MR) is 269 cm³/mol. The SMILES string of the molecule is O=C(O)CCNc1cc(N=c2nc(Cl)[nH]c(=Nc3cc(S(=O)(=O)O)cc4cc(S(=O)(=O)O)c(N=Nc5ccc6ccccc6c5S(=O)(=O)O)c(O)c34)[nH]2)c(N=Nc2ccc(S(=O)(=O)CCOS(=O)(=O)O)cc2)cc1S(=O)(=O)O. The van der Waals surface area contributed by atoms with Gasteiger partial charge in [0.2, 0.25) is 16.5 Å². The molecule has 7 rings (SSSR count). The van der Waals surface area contributed by atoms with E-state index in [4.69, 9.17) is 16.2 Å². The van der Waals surface area contributed by atoms with Gasteiger partial charge in [0.15, 0.2) is 15.6 Å². The average Bonchev–Trinajstić information content (AvgIpc) is 3.39. The summed E-state index contributed by atoms with van der Waals surface area (Å²) in [5.41, 5.74) is -5.02. The van der Waals surface area contributed by atoms with Crippen LogP contribution in [0.1, 0.15) is 6.42 Å². The Labute approximate surface area is 443 Å². The van der Waals surface area contributed by atoms with Gasteiger partial charge in [-0.2, -0.15) is 52.2 Å². The van der Waals surface area contributed by atoms with Crippen LogP contribution in [0.5, 0.6) is 5.75 Å². The van der Waals surface area contributed by atoms with Crippen molar-refractivity contribution in [2.45, 2.75) is 30.9 Å². The molecule has 31 nitrogen and oxygen atoms in total. The lowest BCUT2D eigenvalue weighted by atomic mass is 10.1. The third kappa shape index (κ3) is 14.1. The molecule has 10 N–H and O–H groups in total. The number of halogens is 1. The van der Waals surface area contributed by atoms with E-state index in [-0.39, 0.29) is 16.0 Å². The Morgan fingerprint density at radius 3 is 1.94 bits per heavy atom. The number of sulfone groups is 1. The van der Waals surface area contributed by atoms with E-state index in [1.54, 1.807) is 6.07 Å². The lowest BCUT2D eigenvalue weighted by Gasteiger charge is -2.12. The topological polar surface area (TPSA) is 503 Å². The van der Waals surface area contributed by atoms with Crippen LogP contribution >= 0.6 is 11.6 Å². The Kier molecular flexibility index (Phi) is 16.5. The van der Waals surface area contributed by atoms with E-state index in [1.807, 2.05) is 0 Å². The third-order valence-corrected chi connectivity index (χ3v) is 16.1. The number of hydrogen-bond donors (Lipinski definition) is 10. The molecule has 0 bridgehead atoms. The van der Waals surface area contributed by atoms with Crippen molar-refractivity contribution in [1.82, 2.24) is 15.0 Å². The summed E-state index contributed by atoms with van der Waals surface area (Å²) in [5, 5.41) is 37.5. The summed E-state index contributed by atoms with van der Waals surface area (Å²) in [6, 6.07) is 16.0. The van der Waals surface area contributed by atoms with Crippen molar-refractivity contribution in [3.63, 3.8) is 0 Å². The molecule has 0 amide bonds. The van der Waals surface area contributed by atoms with Crippen LogP contribution in [0.3, 0.4) is 0 Å². The smallest absolute Gasteiger partial charge is 0.397 e. The molecule has 0 aliphatic rings. The number of phenols is 1. The standard InChI is InChI=1S/C40H33ClN10O21S6/c41-38-45-39(43-27-18-29(42-12-11-33(52)53)31(75(60,61)62)19-28(27)50-48-22-6-8-23(9-7-22)73(55,56)14-13-72-78(69,70)71)47-40(46-38)44-30-17-24(74(57,58)59)15-21-16-32(76(63,64)65)35(36(54)34(21)30)51-49-26-10-5-20-3-1-2-4-25(20)37(26)77(66,67)68/h1-10,15-19,42,54H,11-14H2,(H,52,53)(H,57,58,59)(H,60,61,62)(H,63,64,65)(H,66,67,68)(H,69,70,71)(H2,43,44,45,46,47). The first-order valence-electron chi connectivity index (χ1n) is 20.8. The summed E-state index contributed by atoms with van der Waals surface area (Å²) >= 11 is 6.32. The molecule has 0 unspecified atom stereocenters. The number of aromatic hydroxyl groups is 1. The number of rotatable bonds is 19. The van der Waals surface area contributed by atoms with Crippen molar-refractivity contribution in [3.05, 3.63) is 108 Å². The molecule has 1 heterocycles. The molecule has 6 aromatic carbocycles. The normalized spacial score (nSPS) is 13.6. The number of aromatic amines is 2. The fraction of sp³-hybridized carbons (Fsp3) is 0.100. The average molecular weight is 1220 g/mol. The van der Waals surface area contributed by atoms with Gasteiger partial charge in [-0.15, -0.1) is 15.3 Å². The van der Waals surface area contributed by atoms with Crippen LogP contribution in [0.2, 0.25) is 5.28 Å². The Morgan fingerprint density at radius 2 is 1.31 bits per heavy atom. The van der Waals surface area contributed by atoms with E-state index in [1.165, 1.54) is 24.3 Å². The Hall–Kier alpha value is -7.53. The number of carboxylic acids is 1. The van der Waals surface area contributed by atoms with Crippen molar-refractivity contribution in [2.24, 2.45) is 30.4 Å². The quantitative estimate of drug-likeness (QED) is 0.0369. The van der Waals surface area contributed by atoms with Gasteiger partial charge in [0.1, 0.15) is 31.7 Å². The number of fused-ring (bicyclic) bond motifs is 2. The molecular formula is C40H33ClN10O21S6. The summed E-state index contributed by atoms with van der Waals surface area (Å²) in [6.07, 6.45) is -0.577. The lowest BCUT2D eigenvalue weighted by molar-refractivity contribution is -0.136. The second-order valence-electron chi connectivity index (χ2n) is 15.6. The molecule has 1 aromatic heterocycles. The number of nitrogens with zero attached hydrogens (tertiary/aromatic N) is 7. The lowest BCUT2D eigenvalue weighted by Crippen LogP contribution is -2.26. The van der Waals surface area contributed by atoms with E-state index in [0.717, 1.165) is 42.5 Å². The third-order valence-electron chi connectivity index (χ3n) is 10.2. The van der Waals surface area contributed by atoms with Crippen molar-refractivity contribution in [1.29, 1.82) is 0 Å². The van der Waals surface area contributed by atoms with Crippen molar-refractivity contribution < 1.29 is 92.5 Å². The maximum Gasteiger partial charge on any atom is 0.397 e. The van der Waals surface area contributed by atoms with Crippen LogP contribution < -0.4 is 16.6 Å². The van der Waals surface area contributed by atoms with Gasteiger partial charge in [0.05, 0.1) is 56.7 Å². The molecule has 0 atom stereocenters. The fourth-order valence-corrected chi connectivity index (χ4v) is 11.3. The van der Waals surface area contributed by atoms with E-state index in [2.05, 4.69) is 54.9 Å². The van der Waals surface area contributed by atoms with E-state index in [9.17, 15) is 83.7 Å². The summed E-state index contributed by atoms with van der Waals surface area (Å²) in [5.74, 6) is -3.42. The number of nitrogens with one attached hydrogen (secondary N) is 3. The fourth-order valence-electron chi connectivity index (χ4n) is 6.96. The molecule has 0 aliphatic heterocycles. The van der Waals surface area contributed by atoms with Crippen LogP contribution in [0.25, 0.3) is 21.5 Å². The first-order valence-corrected chi connectivity index (χ1v) is 30.0. The molecular weight excluding hydrogens is 1180 g/mol. The molecule has 0 fully saturated rings. The Bertz CT molecular complexity index is 4560. The van der Waals surface area contributed by atoms with E-state index < -0.39 is 179 Å². The number of aliphatic carboxylic acids is 1. The van der Waals surface area contributed by atoms with Crippen LogP contribution in [0.4, 0.5) is 39.8 Å². The number of hydrogen-bond acceptors (Lipinski definition) is 23. The molecule has 78 heavy (non-hydrogen) atoms. The summed E-state index contributed by atoms with van der Waals surface area (Å²) in [6.45, 7) is -1.36. The highest BCUT2D eigenvalue weighted by atomic mass is 35.5. The Balaban J connectivity index is 1.42. The highest BCUT2D eigenvalue weighted by molar-refractivity contribution is 7.91. The van der Waals surface area contributed by atoms with Gasteiger partial charge in [-0.1, -0.05) is 30.3 Å². The minimum Gasteiger partial charge on any atom is -0.505 e. The van der Waals surface area contributed by atoms with Gasteiger partial charge < -0.3 is 20.5 Å². The maximum absolute atomic E-state index is 12.8. The zero-order valence-corrected chi connectivity index (χ0v) is 43.9. The molecule has 0 spiro atoms. The monoisotopic (exact) mass is 1220 g/mol. The van der Waals surface area contributed by atoms with Gasteiger partial charge in [-0.3, -0.25) is 32.5 Å². The number of phenolic OH excluding ortho intramolecular Hbond substituents is 1. The Morgan fingerprint density at radius 1 is 0.641 bits per heavy atom. The highest BCUT2D eigenvalue weighted by Crippen LogP contribution is 2.46. The van der Waals surface area contributed by atoms with Crippen LogP contribution in [-0.4, -0.2) is 123 Å². The van der Waals surface area contributed by atoms with Crippen molar-refractivity contribution in [2.75, 3.05) is 24.2 Å². The van der Waals surface area contributed by atoms with Gasteiger partial charge in [0.25, 0.3) is 40.5 Å². The molecule has 7 aromatic rings. The summed E-state index contributed by atoms with van der Waals surface area (Å²) < 4.78 is 202. The number of carbonyl (C=O) groups is 1. The molecule has 0 saturated carbocycles. The molecule has 0 radical (unpaired) electrons. The number of azo groups is 2.